The summed E-state index contributed by atoms with van der Waals surface area (Å²) in [4.78, 5) is 0. The van der Waals surface area contributed by atoms with E-state index in [9.17, 15) is 8.78 Å². The van der Waals surface area contributed by atoms with E-state index in [1.165, 1.54) is 12.1 Å². The standard InChI is InChI=1S/C8H8F2S/c9-8(10)7-3-1-2-6(4-7)5-11/h1-4,8,11H,5H2. The van der Waals surface area contributed by atoms with Crippen LogP contribution in [-0.4, -0.2) is 0 Å². The van der Waals surface area contributed by atoms with Crippen LogP contribution in [0.2, 0.25) is 0 Å². The molecule has 0 radical (unpaired) electrons. The molecule has 0 aliphatic heterocycles. The zero-order valence-electron chi connectivity index (χ0n) is 5.80. The van der Waals surface area contributed by atoms with E-state index in [0.717, 1.165) is 5.56 Å². The third-order valence-corrected chi connectivity index (χ3v) is 1.75. The van der Waals surface area contributed by atoms with Crippen LogP contribution in [0.25, 0.3) is 0 Å². The molecule has 1 rings (SSSR count). The molecule has 0 saturated carbocycles. The molecule has 0 fully saturated rings. The third-order valence-electron chi connectivity index (χ3n) is 1.39. The average molecular weight is 174 g/mol. The van der Waals surface area contributed by atoms with Gasteiger partial charge in [0.2, 0.25) is 0 Å². The molecule has 0 aliphatic rings. The molecule has 1 aromatic carbocycles. The molecule has 0 heterocycles. The van der Waals surface area contributed by atoms with Crippen LogP contribution >= 0.6 is 12.6 Å². The van der Waals surface area contributed by atoms with Gasteiger partial charge < -0.3 is 0 Å². The first-order valence-electron chi connectivity index (χ1n) is 3.22. The van der Waals surface area contributed by atoms with Gasteiger partial charge in [-0.1, -0.05) is 18.2 Å². The first kappa shape index (κ1) is 8.53. The minimum absolute atomic E-state index is 0.0663. The number of halogens is 2. The smallest absolute Gasteiger partial charge is 0.205 e. The van der Waals surface area contributed by atoms with Crippen molar-refractivity contribution in [2.45, 2.75) is 12.2 Å². The van der Waals surface area contributed by atoms with Crippen LogP contribution in [0.3, 0.4) is 0 Å². The van der Waals surface area contributed by atoms with Crippen molar-refractivity contribution in [3.63, 3.8) is 0 Å². The minimum atomic E-state index is -2.38. The molecule has 0 atom stereocenters. The van der Waals surface area contributed by atoms with E-state index in [0.29, 0.717) is 5.75 Å². The van der Waals surface area contributed by atoms with Gasteiger partial charge >= 0.3 is 0 Å². The molecule has 0 unspecified atom stereocenters. The van der Waals surface area contributed by atoms with Crippen LogP contribution < -0.4 is 0 Å². The molecule has 0 saturated heterocycles. The van der Waals surface area contributed by atoms with Crippen molar-refractivity contribution in [1.82, 2.24) is 0 Å². The van der Waals surface area contributed by atoms with E-state index in [1.54, 1.807) is 12.1 Å². The minimum Gasteiger partial charge on any atom is -0.205 e. The van der Waals surface area contributed by atoms with Crippen molar-refractivity contribution in [2.24, 2.45) is 0 Å². The van der Waals surface area contributed by atoms with Crippen molar-refractivity contribution in [2.75, 3.05) is 0 Å². The zero-order chi connectivity index (χ0) is 8.27. The van der Waals surface area contributed by atoms with Gasteiger partial charge in [0.15, 0.2) is 0 Å². The Kier molecular flexibility index (Phi) is 2.88. The van der Waals surface area contributed by atoms with Gasteiger partial charge in [0.25, 0.3) is 6.43 Å². The van der Waals surface area contributed by atoms with E-state index in [4.69, 9.17) is 0 Å². The van der Waals surface area contributed by atoms with E-state index in [1.807, 2.05) is 0 Å². The number of hydrogen-bond acceptors (Lipinski definition) is 1. The van der Waals surface area contributed by atoms with Gasteiger partial charge in [-0.2, -0.15) is 12.6 Å². The van der Waals surface area contributed by atoms with Gasteiger partial charge in [0, 0.05) is 11.3 Å². The highest BCUT2D eigenvalue weighted by molar-refractivity contribution is 7.79. The number of benzene rings is 1. The summed E-state index contributed by atoms with van der Waals surface area (Å²) in [7, 11) is 0. The second-order valence-corrected chi connectivity index (χ2v) is 2.52. The Labute approximate surface area is 69.6 Å². The van der Waals surface area contributed by atoms with E-state index in [-0.39, 0.29) is 5.56 Å². The Morgan fingerprint density at radius 1 is 1.36 bits per heavy atom. The normalized spacial score (nSPS) is 10.5. The van der Waals surface area contributed by atoms with Gasteiger partial charge in [-0.05, 0) is 11.6 Å². The number of rotatable bonds is 2. The summed E-state index contributed by atoms with van der Waals surface area (Å²) < 4.78 is 24.1. The highest BCUT2D eigenvalue weighted by Gasteiger charge is 2.05. The lowest BCUT2D eigenvalue weighted by atomic mass is 10.1. The van der Waals surface area contributed by atoms with Crippen molar-refractivity contribution < 1.29 is 8.78 Å². The molecule has 0 aliphatic carbocycles. The topological polar surface area (TPSA) is 0 Å². The summed E-state index contributed by atoms with van der Waals surface area (Å²) in [6, 6.07) is 6.28. The molecule has 1 aromatic rings. The van der Waals surface area contributed by atoms with Crippen molar-refractivity contribution in [3.8, 4) is 0 Å². The van der Waals surface area contributed by atoms with Crippen LogP contribution in [0.1, 0.15) is 17.6 Å². The summed E-state index contributed by atoms with van der Waals surface area (Å²) in [6.07, 6.45) is -2.38. The Balaban J connectivity index is 2.91. The second kappa shape index (κ2) is 3.72. The van der Waals surface area contributed by atoms with Gasteiger partial charge in [0.05, 0.1) is 0 Å². The van der Waals surface area contributed by atoms with Crippen LogP contribution in [-0.2, 0) is 5.75 Å². The lowest BCUT2D eigenvalue weighted by Gasteiger charge is -2.00. The Morgan fingerprint density at radius 3 is 2.64 bits per heavy atom. The van der Waals surface area contributed by atoms with E-state index in [2.05, 4.69) is 12.6 Å². The summed E-state index contributed by atoms with van der Waals surface area (Å²) in [5.74, 6) is 0.501. The molecule has 3 heteroatoms. The molecule has 0 amide bonds. The summed E-state index contributed by atoms with van der Waals surface area (Å²) in [5, 5.41) is 0. The Bertz CT molecular complexity index is 235. The third kappa shape index (κ3) is 2.19. The molecular weight excluding hydrogens is 166 g/mol. The largest absolute Gasteiger partial charge is 0.263 e. The quantitative estimate of drug-likeness (QED) is 0.654. The van der Waals surface area contributed by atoms with E-state index < -0.39 is 6.43 Å². The fourth-order valence-electron chi connectivity index (χ4n) is 0.827. The highest BCUT2D eigenvalue weighted by atomic mass is 32.1. The van der Waals surface area contributed by atoms with Gasteiger partial charge in [-0.15, -0.1) is 0 Å². The maximum Gasteiger partial charge on any atom is 0.263 e. The first-order valence-corrected chi connectivity index (χ1v) is 3.85. The molecule has 0 spiro atoms. The maximum absolute atomic E-state index is 12.1. The average Bonchev–Trinajstić information content (AvgIpc) is 2.05. The summed E-state index contributed by atoms with van der Waals surface area (Å²) in [6.45, 7) is 0. The summed E-state index contributed by atoms with van der Waals surface area (Å²) >= 11 is 3.98. The molecule has 0 N–H and O–H groups in total. The first-order chi connectivity index (χ1) is 5.24. The number of hydrogen-bond donors (Lipinski definition) is 1. The Hall–Kier alpha value is -0.570. The van der Waals surface area contributed by atoms with Crippen LogP contribution in [0.4, 0.5) is 8.78 Å². The number of alkyl halides is 2. The lowest BCUT2D eigenvalue weighted by Crippen LogP contribution is -1.85. The predicted octanol–water partition coefficient (Wildman–Crippen LogP) is 3.05. The van der Waals surface area contributed by atoms with Crippen molar-refractivity contribution in [3.05, 3.63) is 35.4 Å². The van der Waals surface area contributed by atoms with Gasteiger partial charge in [-0.3, -0.25) is 0 Å². The monoisotopic (exact) mass is 174 g/mol. The molecular formula is C8H8F2S. The van der Waals surface area contributed by atoms with Crippen LogP contribution in [0.5, 0.6) is 0 Å². The van der Waals surface area contributed by atoms with E-state index >= 15 is 0 Å². The van der Waals surface area contributed by atoms with Crippen LogP contribution in [0, 0.1) is 0 Å². The summed E-state index contributed by atoms with van der Waals surface area (Å²) in [5.41, 5.74) is 0.891. The maximum atomic E-state index is 12.1. The Morgan fingerprint density at radius 2 is 2.09 bits per heavy atom. The van der Waals surface area contributed by atoms with Gasteiger partial charge in [0.1, 0.15) is 0 Å². The molecule has 60 valence electrons. The second-order valence-electron chi connectivity index (χ2n) is 2.20. The molecule has 11 heavy (non-hydrogen) atoms. The van der Waals surface area contributed by atoms with Crippen molar-refractivity contribution in [1.29, 1.82) is 0 Å². The predicted molar refractivity (Wildman–Crippen MR) is 44.1 cm³/mol. The fourth-order valence-corrected chi connectivity index (χ4v) is 1.02. The molecule has 0 bridgehead atoms. The van der Waals surface area contributed by atoms with Gasteiger partial charge in [-0.25, -0.2) is 8.78 Å². The SMILES string of the molecule is FC(F)c1cccc(CS)c1. The lowest BCUT2D eigenvalue weighted by molar-refractivity contribution is 0.151. The van der Waals surface area contributed by atoms with Crippen molar-refractivity contribution >= 4 is 12.6 Å². The van der Waals surface area contributed by atoms with Crippen LogP contribution in [0.15, 0.2) is 24.3 Å². The molecule has 0 aromatic heterocycles. The highest BCUT2D eigenvalue weighted by Crippen LogP contribution is 2.19. The molecule has 0 nitrogen and oxygen atoms in total. The fraction of sp³-hybridized carbons (Fsp3) is 0.250. The number of thiol groups is 1. The zero-order valence-corrected chi connectivity index (χ0v) is 6.69.